The predicted octanol–water partition coefficient (Wildman–Crippen LogP) is 4.17. The third kappa shape index (κ3) is 6.12. The number of halogens is 1. The maximum Gasteiger partial charge on any atom is 0.338 e. The van der Waals surface area contributed by atoms with E-state index in [1.165, 1.54) is 0 Å². The van der Waals surface area contributed by atoms with Crippen molar-refractivity contribution in [2.75, 3.05) is 18.5 Å². The molecule has 25 heavy (non-hydrogen) atoms. The molecule has 0 saturated heterocycles. The zero-order valence-corrected chi connectivity index (χ0v) is 14.9. The third-order valence-corrected chi connectivity index (χ3v) is 3.46. The molecule has 0 bridgehead atoms. The molecule has 132 valence electrons. The summed E-state index contributed by atoms with van der Waals surface area (Å²) in [5.74, 6) is 0.0203. The van der Waals surface area contributed by atoms with Crippen molar-refractivity contribution in [2.24, 2.45) is 5.92 Å². The second kappa shape index (κ2) is 9.08. The lowest BCUT2D eigenvalue weighted by molar-refractivity contribution is -0.118. The molecule has 1 amide bonds. The molecule has 5 nitrogen and oxygen atoms in total. The van der Waals surface area contributed by atoms with Crippen molar-refractivity contribution in [3.8, 4) is 5.75 Å². The molecule has 0 heterocycles. The van der Waals surface area contributed by atoms with Crippen molar-refractivity contribution >= 4 is 29.2 Å². The molecule has 2 aromatic rings. The van der Waals surface area contributed by atoms with Crippen LogP contribution in [0.4, 0.5) is 5.69 Å². The molecule has 0 aromatic heterocycles. The van der Waals surface area contributed by atoms with E-state index in [1.807, 2.05) is 13.8 Å². The number of carbonyl (C=O) groups is 2. The van der Waals surface area contributed by atoms with Crippen LogP contribution in [0.5, 0.6) is 5.75 Å². The van der Waals surface area contributed by atoms with E-state index in [4.69, 9.17) is 21.1 Å². The molecule has 0 spiro atoms. The average Bonchev–Trinajstić information content (AvgIpc) is 2.59. The summed E-state index contributed by atoms with van der Waals surface area (Å²) in [6.07, 6.45) is 0. The number of anilines is 1. The zero-order chi connectivity index (χ0) is 18.2. The first-order valence-electron chi connectivity index (χ1n) is 7.90. The van der Waals surface area contributed by atoms with Crippen molar-refractivity contribution in [3.63, 3.8) is 0 Å². The smallest absolute Gasteiger partial charge is 0.338 e. The van der Waals surface area contributed by atoms with E-state index in [2.05, 4.69) is 5.32 Å². The Morgan fingerprint density at radius 1 is 1.08 bits per heavy atom. The first kappa shape index (κ1) is 18.8. The molecule has 2 aromatic carbocycles. The van der Waals surface area contributed by atoms with E-state index < -0.39 is 0 Å². The summed E-state index contributed by atoms with van der Waals surface area (Å²) in [7, 11) is 0. The molecule has 0 aliphatic heterocycles. The van der Waals surface area contributed by atoms with Gasteiger partial charge in [0.1, 0.15) is 5.75 Å². The Kier molecular flexibility index (Phi) is 6.83. The molecule has 0 aliphatic carbocycles. The van der Waals surface area contributed by atoms with Gasteiger partial charge in [0.2, 0.25) is 0 Å². The van der Waals surface area contributed by atoms with E-state index >= 15 is 0 Å². The number of nitrogens with one attached hydrogen (secondary N) is 1. The number of hydrogen-bond acceptors (Lipinski definition) is 4. The van der Waals surface area contributed by atoms with Crippen molar-refractivity contribution in [3.05, 3.63) is 59.1 Å². The minimum absolute atomic E-state index is 0.165. The normalized spacial score (nSPS) is 10.4. The fourth-order valence-electron chi connectivity index (χ4n) is 1.92. The summed E-state index contributed by atoms with van der Waals surface area (Å²) in [5, 5.41) is 3.13. The summed E-state index contributed by atoms with van der Waals surface area (Å²) in [6.45, 7) is 4.14. The zero-order valence-electron chi connectivity index (χ0n) is 14.1. The summed E-state index contributed by atoms with van der Waals surface area (Å²) >= 11 is 5.96. The number of amides is 1. The number of para-hydroxylation sites is 1. The standard InChI is InChI=1S/C19H20ClNO4/c1-13(2)11-25-19(23)14-7-9-15(10-8-14)21-18(22)12-24-17-6-4-3-5-16(17)20/h3-10,13H,11-12H2,1-2H3,(H,21,22). The fourth-order valence-corrected chi connectivity index (χ4v) is 2.11. The number of benzene rings is 2. The van der Waals surface area contributed by atoms with Crippen LogP contribution < -0.4 is 10.1 Å². The summed E-state index contributed by atoms with van der Waals surface area (Å²) < 4.78 is 10.5. The molecule has 0 saturated carbocycles. The third-order valence-electron chi connectivity index (χ3n) is 3.15. The van der Waals surface area contributed by atoms with Gasteiger partial charge in [0.15, 0.2) is 6.61 Å². The first-order valence-corrected chi connectivity index (χ1v) is 8.28. The maximum atomic E-state index is 11.9. The van der Waals surface area contributed by atoms with Crippen LogP contribution in [0.3, 0.4) is 0 Å². The second-order valence-corrected chi connectivity index (χ2v) is 6.24. The molecular formula is C19H20ClNO4. The van der Waals surface area contributed by atoms with Gasteiger partial charge in [-0.15, -0.1) is 0 Å². The Hall–Kier alpha value is -2.53. The minimum atomic E-state index is -0.381. The molecule has 2 rings (SSSR count). The Labute approximate surface area is 151 Å². The Morgan fingerprint density at radius 3 is 2.40 bits per heavy atom. The molecular weight excluding hydrogens is 342 g/mol. The van der Waals surface area contributed by atoms with Gasteiger partial charge in [-0.3, -0.25) is 4.79 Å². The molecule has 0 unspecified atom stereocenters. The average molecular weight is 362 g/mol. The van der Waals surface area contributed by atoms with E-state index in [9.17, 15) is 9.59 Å². The quantitative estimate of drug-likeness (QED) is 0.752. The lowest BCUT2D eigenvalue weighted by Gasteiger charge is -2.10. The van der Waals surface area contributed by atoms with Gasteiger partial charge < -0.3 is 14.8 Å². The SMILES string of the molecule is CC(C)COC(=O)c1ccc(NC(=O)COc2ccccc2Cl)cc1. The molecule has 0 radical (unpaired) electrons. The van der Waals surface area contributed by atoms with Crippen LogP contribution in [-0.4, -0.2) is 25.1 Å². The first-order chi connectivity index (χ1) is 12.0. The molecule has 6 heteroatoms. The highest BCUT2D eigenvalue weighted by Crippen LogP contribution is 2.23. The summed E-state index contributed by atoms with van der Waals surface area (Å²) in [5.41, 5.74) is 0.999. The molecule has 0 atom stereocenters. The van der Waals surface area contributed by atoms with Gasteiger partial charge in [0, 0.05) is 5.69 Å². The summed E-state index contributed by atoms with van der Waals surface area (Å²) in [6, 6.07) is 13.4. The van der Waals surface area contributed by atoms with Crippen LogP contribution >= 0.6 is 11.6 Å². The van der Waals surface area contributed by atoms with Crippen LogP contribution in [-0.2, 0) is 9.53 Å². The number of esters is 1. The van der Waals surface area contributed by atoms with E-state index in [1.54, 1.807) is 48.5 Å². The van der Waals surface area contributed by atoms with Crippen molar-refractivity contribution < 1.29 is 19.1 Å². The van der Waals surface area contributed by atoms with E-state index in [-0.39, 0.29) is 24.4 Å². The number of hydrogen-bond donors (Lipinski definition) is 1. The highest BCUT2D eigenvalue weighted by molar-refractivity contribution is 6.32. The largest absolute Gasteiger partial charge is 0.482 e. The topological polar surface area (TPSA) is 64.6 Å². The van der Waals surface area contributed by atoms with Crippen LogP contribution in [0.2, 0.25) is 5.02 Å². The van der Waals surface area contributed by atoms with Gasteiger partial charge in [0.25, 0.3) is 5.91 Å². The van der Waals surface area contributed by atoms with Crippen LogP contribution in [0, 0.1) is 5.92 Å². The Balaban J connectivity index is 1.85. The van der Waals surface area contributed by atoms with E-state index in [0.29, 0.717) is 28.6 Å². The monoisotopic (exact) mass is 361 g/mol. The summed E-state index contributed by atoms with van der Waals surface area (Å²) in [4.78, 5) is 23.8. The molecule has 0 fully saturated rings. The second-order valence-electron chi connectivity index (χ2n) is 5.84. The Morgan fingerprint density at radius 2 is 1.76 bits per heavy atom. The number of rotatable bonds is 7. The van der Waals surface area contributed by atoms with Gasteiger partial charge in [-0.05, 0) is 42.3 Å². The van der Waals surface area contributed by atoms with Crippen LogP contribution in [0.15, 0.2) is 48.5 Å². The van der Waals surface area contributed by atoms with Crippen molar-refractivity contribution in [1.82, 2.24) is 0 Å². The fraction of sp³-hybridized carbons (Fsp3) is 0.263. The lowest BCUT2D eigenvalue weighted by Crippen LogP contribution is -2.20. The molecule has 0 aliphatic rings. The van der Waals surface area contributed by atoms with Crippen molar-refractivity contribution in [2.45, 2.75) is 13.8 Å². The van der Waals surface area contributed by atoms with Crippen LogP contribution in [0.25, 0.3) is 0 Å². The van der Waals surface area contributed by atoms with Gasteiger partial charge in [0.05, 0.1) is 17.2 Å². The Bertz CT molecular complexity index is 728. The van der Waals surface area contributed by atoms with Crippen LogP contribution in [0.1, 0.15) is 24.2 Å². The van der Waals surface area contributed by atoms with Gasteiger partial charge in [-0.1, -0.05) is 37.6 Å². The maximum absolute atomic E-state index is 11.9. The van der Waals surface area contributed by atoms with Crippen molar-refractivity contribution in [1.29, 1.82) is 0 Å². The highest BCUT2D eigenvalue weighted by Gasteiger charge is 2.09. The van der Waals surface area contributed by atoms with Gasteiger partial charge >= 0.3 is 5.97 Å². The van der Waals surface area contributed by atoms with Gasteiger partial charge in [-0.25, -0.2) is 4.79 Å². The van der Waals surface area contributed by atoms with E-state index in [0.717, 1.165) is 0 Å². The lowest BCUT2D eigenvalue weighted by atomic mass is 10.2. The van der Waals surface area contributed by atoms with Gasteiger partial charge in [-0.2, -0.15) is 0 Å². The predicted molar refractivity (Wildman–Crippen MR) is 97.1 cm³/mol. The number of carbonyl (C=O) groups excluding carboxylic acids is 2. The highest BCUT2D eigenvalue weighted by atomic mass is 35.5. The minimum Gasteiger partial charge on any atom is -0.482 e. The number of ether oxygens (including phenoxy) is 2. The molecule has 1 N–H and O–H groups in total.